The zero-order valence-corrected chi connectivity index (χ0v) is 12.8. The number of nitrogens with two attached hydrogens (primary N) is 1. The highest BCUT2D eigenvalue weighted by molar-refractivity contribution is 5.63. The Morgan fingerprint density at radius 3 is 2.55 bits per heavy atom. The van der Waals surface area contributed by atoms with E-state index in [1.807, 2.05) is 35.0 Å². The number of hydrogen-bond donors (Lipinski definition) is 1. The molecule has 0 aliphatic heterocycles. The molecule has 0 fully saturated rings. The van der Waals surface area contributed by atoms with Crippen molar-refractivity contribution in [2.45, 2.75) is 13.5 Å². The van der Waals surface area contributed by atoms with Crippen molar-refractivity contribution in [3.05, 3.63) is 65.9 Å². The Balaban J connectivity index is 2.14. The van der Waals surface area contributed by atoms with Gasteiger partial charge in [0.2, 0.25) is 0 Å². The summed E-state index contributed by atoms with van der Waals surface area (Å²) < 4.78 is 7.22. The zero-order valence-electron chi connectivity index (χ0n) is 12.8. The lowest BCUT2D eigenvalue weighted by Crippen LogP contribution is -2.02. The topological polar surface area (TPSA) is 53.1 Å². The normalized spacial score (nSPS) is 10.7. The van der Waals surface area contributed by atoms with Gasteiger partial charge in [0.1, 0.15) is 5.75 Å². The first kappa shape index (κ1) is 14.4. The predicted octanol–water partition coefficient (Wildman–Crippen LogP) is 3.32. The van der Waals surface area contributed by atoms with Gasteiger partial charge in [0.25, 0.3) is 0 Å². The highest BCUT2D eigenvalue weighted by atomic mass is 16.5. The van der Waals surface area contributed by atoms with Crippen molar-refractivity contribution in [1.82, 2.24) is 9.78 Å². The Kier molecular flexibility index (Phi) is 3.94. The molecule has 1 heterocycles. The molecule has 0 radical (unpaired) electrons. The van der Waals surface area contributed by atoms with Crippen molar-refractivity contribution >= 4 is 0 Å². The van der Waals surface area contributed by atoms with Crippen LogP contribution in [0.1, 0.15) is 11.3 Å². The molecule has 3 aromatic rings. The summed E-state index contributed by atoms with van der Waals surface area (Å²) in [6.07, 6.45) is 0. The van der Waals surface area contributed by atoms with Gasteiger partial charge in [0.05, 0.1) is 24.2 Å². The van der Waals surface area contributed by atoms with Crippen LogP contribution in [0.25, 0.3) is 16.9 Å². The van der Waals surface area contributed by atoms with Crippen molar-refractivity contribution in [1.29, 1.82) is 0 Å². The smallest absolute Gasteiger partial charge is 0.121 e. The molecular formula is C18H19N3O. The van der Waals surface area contributed by atoms with E-state index in [0.29, 0.717) is 6.54 Å². The number of nitrogens with zero attached hydrogens (tertiary/aromatic N) is 2. The lowest BCUT2D eigenvalue weighted by Gasteiger charge is -2.09. The monoisotopic (exact) mass is 293 g/mol. The van der Waals surface area contributed by atoms with Crippen LogP contribution >= 0.6 is 0 Å². The Morgan fingerprint density at radius 1 is 1.09 bits per heavy atom. The Bertz CT molecular complexity index is 775. The minimum Gasteiger partial charge on any atom is -0.497 e. The van der Waals surface area contributed by atoms with Crippen LogP contribution in [0.3, 0.4) is 0 Å². The standard InChI is InChI=1S/C18H19N3O/c1-13-6-8-14(9-7-13)18-10-15(12-19)20-21(18)16-4-3-5-17(11-16)22-2/h3-11H,12,19H2,1-2H3. The number of aromatic nitrogens is 2. The average Bonchev–Trinajstić information content (AvgIpc) is 3.00. The fourth-order valence-electron chi connectivity index (χ4n) is 2.40. The molecule has 22 heavy (non-hydrogen) atoms. The highest BCUT2D eigenvalue weighted by Crippen LogP contribution is 2.26. The van der Waals surface area contributed by atoms with Gasteiger partial charge in [-0.2, -0.15) is 5.10 Å². The molecule has 0 saturated heterocycles. The minimum atomic E-state index is 0.413. The summed E-state index contributed by atoms with van der Waals surface area (Å²) >= 11 is 0. The van der Waals surface area contributed by atoms with Crippen molar-refractivity contribution in [3.8, 4) is 22.7 Å². The van der Waals surface area contributed by atoms with E-state index >= 15 is 0 Å². The van der Waals surface area contributed by atoms with E-state index in [1.54, 1.807) is 7.11 Å². The second-order valence-corrected chi connectivity index (χ2v) is 5.20. The zero-order chi connectivity index (χ0) is 15.5. The second-order valence-electron chi connectivity index (χ2n) is 5.20. The molecule has 0 atom stereocenters. The molecule has 0 spiro atoms. The second kappa shape index (κ2) is 6.03. The minimum absolute atomic E-state index is 0.413. The van der Waals surface area contributed by atoms with Gasteiger partial charge in [-0.1, -0.05) is 35.9 Å². The van der Waals surface area contributed by atoms with Gasteiger partial charge in [-0.15, -0.1) is 0 Å². The molecule has 112 valence electrons. The van der Waals surface area contributed by atoms with Crippen LogP contribution in [0.2, 0.25) is 0 Å². The van der Waals surface area contributed by atoms with E-state index in [-0.39, 0.29) is 0 Å². The number of benzene rings is 2. The van der Waals surface area contributed by atoms with E-state index in [9.17, 15) is 0 Å². The molecule has 4 heteroatoms. The first-order valence-electron chi connectivity index (χ1n) is 7.22. The summed E-state index contributed by atoms with van der Waals surface area (Å²) in [5, 5.41) is 4.61. The third-order valence-electron chi connectivity index (χ3n) is 3.61. The predicted molar refractivity (Wildman–Crippen MR) is 88.2 cm³/mol. The lowest BCUT2D eigenvalue weighted by molar-refractivity contribution is 0.414. The van der Waals surface area contributed by atoms with Crippen LogP contribution in [0.15, 0.2) is 54.6 Å². The largest absolute Gasteiger partial charge is 0.497 e. The van der Waals surface area contributed by atoms with Crippen molar-refractivity contribution in [2.75, 3.05) is 7.11 Å². The SMILES string of the molecule is COc1cccc(-n2nc(CN)cc2-c2ccc(C)cc2)c1. The summed E-state index contributed by atoms with van der Waals surface area (Å²) in [7, 11) is 1.66. The van der Waals surface area contributed by atoms with Crippen molar-refractivity contribution in [2.24, 2.45) is 5.73 Å². The Hall–Kier alpha value is -2.59. The lowest BCUT2D eigenvalue weighted by atomic mass is 10.1. The molecular weight excluding hydrogens is 274 g/mol. The number of aryl methyl sites for hydroxylation is 1. The third-order valence-corrected chi connectivity index (χ3v) is 3.61. The van der Waals surface area contributed by atoms with Gasteiger partial charge < -0.3 is 10.5 Å². The summed E-state index contributed by atoms with van der Waals surface area (Å²) in [6.45, 7) is 2.49. The van der Waals surface area contributed by atoms with Crippen LogP contribution in [0, 0.1) is 6.92 Å². The average molecular weight is 293 g/mol. The van der Waals surface area contributed by atoms with E-state index in [2.05, 4.69) is 36.3 Å². The van der Waals surface area contributed by atoms with Crippen LogP contribution in [0.4, 0.5) is 0 Å². The first-order chi connectivity index (χ1) is 10.7. The van der Waals surface area contributed by atoms with Gasteiger partial charge in [0, 0.05) is 18.2 Å². The number of methoxy groups -OCH3 is 1. The Labute approximate surface area is 130 Å². The van der Waals surface area contributed by atoms with Gasteiger partial charge in [-0.3, -0.25) is 0 Å². The summed E-state index contributed by atoms with van der Waals surface area (Å²) in [6, 6.07) is 18.3. The maximum Gasteiger partial charge on any atom is 0.121 e. The molecule has 0 aliphatic carbocycles. The molecule has 0 saturated carbocycles. The van der Waals surface area contributed by atoms with Crippen LogP contribution in [-0.4, -0.2) is 16.9 Å². The quantitative estimate of drug-likeness (QED) is 0.803. The fourth-order valence-corrected chi connectivity index (χ4v) is 2.40. The van der Waals surface area contributed by atoms with Crippen molar-refractivity contribution < 1.29 is 4.74 Å². The molecule has 1 aromatic heterocycles. The number of hydrogen-bond acceptors (Lipinski definition) is 3. The molecule has 0 unspecified atom stereocenters. The van der Waals surface area contributed by atoms with Crippen LogP contribution < -0.4 is 10.5 Å². The molecule has 2 aromatic carbocycles. The third kappa shape index (κ3) is 2.73. The maximum absolute atomic E-state index is 5.77. The summed E-state index contributed by atoms with van der Waals surface area (Å²) in [5.74, 6) is 0.803. The fraction of sp³-hybridized carbons (Fsp3) is 0.167. The summed E-state index contributed by atoms with van der Waals surface area (Å²) in [4.78, 5) is 0. The Morgan fingerprint density at radius 2 is 1.86 bits per heavy atom. The van der Waals surface area contributed by atoms with E-state index in [0.717, 1.165) is 28.4 Å². The van der Waals surface area contributed by atoms with Gasteiger partial charge >= 0.3 is 0 Å². The van der Waals surface area contributed by atoms with E-state index in [4.69, 9.17) is 10.5 Å². The molecule has 3 rings (SSSR count). The van der Waals surface area contributed by atoms with Crippen LogP contribution in [-0.2, 0) is 6.54 Å². The molecule has 4 nitrogen and oxygen atoms in total. The molecule has 0 amide bonds. The van der Waals surface area contributed by atoms with Gasteiger partial charge in [0.15, 0.2) is 0 Å². The van der Waals surface area contributed by atoms with Gasteiger partial charge in [-0.05, 0) is 25.1 Å². The summed E-state index contributed by atoms with van der Waals surface area (Å²) in [5.41, 5.74) is 10.9. The highest BCUT2D eigenvalue weighted by Gasteiger charge is 2.11. The van der Waals surface area contributed by atoms with E-state index < -0.39 is 0 Å². The molecule has 0 aliphatic rings. The maximum atomic E-state index is 5.77. The number of ether oxygens (including phenoxy) is 1. The van der Waals surface area contributed by atoms with Gasteiger partial charge in [-0.25, -0.2) is 4.68 Å². The molecule has 0 bridgehead atoms. The van der Waals surface area contributed by atoms with E-state index in [1.165, 1.54) is 5.56 Å². The molecule has 2 N–H and O–H groups in total. The number of rotatable bonds is 4. The first-order valence-corrected chi connectivity index (χ1v) is 7.22. The van der Waals surface area contributed by atoms with Crippen LogP contribution in [0.5, 0.6) is 5.75 Å². The van der Waals surface area contributed by atoms with Crippen molar-refractivity contribution in [3.63, 3.8) is 0 Å².